The zero-order valence-corrected chi connectivity index (χ0v) is 10.1. The first kappa shape index (κ1) is 11.8. The minimum Gasteiger partial charge on any atom is -0.481 e. The van der Waals surface area contributed by atoms with E-state index in [-0.39, 0.29) is 6.04 Å². The molecule has 2 N–H and O–H groups in total. The monoisotopic (exact) mass is 249 g/mol. The van der Waals surface area contributed by atoms with Crippen LogP contribution in [0.5, 0.6) is 5.88 Å². The summed E-state index contributed by atoms with van der Waals surface area (Å²) in [6.07, 6.45) is 1.43. The molecule has 0 fully saturated rings. The van der Waals surface area contributed by atoms with Crippen LogP contribution < -0.4 is 10.5 Å². The molecule has 1 unspecified atom stereocenters. The van der Waals surface area contributed by atoms with Crippen LogP contribution in [0.1, 0.15) is 17.3 Å². The van der Waals surface area contributed by atoms with Gasteiger partial charge in [-0.2, -0.15) is 0 Å². The van der Waals surface area contributed by atoms with Crippen LogP contribution in [0.15, 0.2) is 36.7 Å². The number of methoxy groups -OCH3 is 1. The molecule has 1 atom stereocenters. The summed E-state index contributed by atoms with van der Waals surface area (Å²) >= 11 is 5.92. The third kappa shape index (κ3) is 2.72. The lowest BCUT2D eigenvalue weighted by atomic mass is 10.0. The molecular formula is C12H12ClN3O. The molecule has 4 nitrogen and oxygen atoms in total. The van der Waals surface area contributed by atoms with Gasteiger partial charge in [0.05, 0.1) is 18.8 Å². The maximum atomic E-state index is 6.10. The third-order valence-electron chi connectivity index (χ3n) is 2.40. The van der Waals surface area contributed by atoms with Gasteiger partial charge in [-0.3, -0.25) is 0 Å². The highest BCUT2D eigenvalue weighted by Gasteiger charge is 2.11. The fourth-order valence-corrected chi connectivity index (χ4v) is 1.70. The molecular weight excluding hydrogens is 238 g/mol. The lowest BCUT2D eigenvalue weighted by molar-refractivity contribution is 0.395. The summed E-state index contributed by atoms with van der Waals surface area (Å²) < 4.78 is 5.03. The largest absolute Gasteiger partial charge is 0.481 e. The Morgan fingerprint density at radius 1 is 1.29 bits per heavy atom. The predicted octanol–water partition coefficient (Wildman–Crippen LogP) is 2.19. The maximum Gasteiger partial charge on any atom is 0.216 e. The van der Waals surface area contributed by atoms with E-state index in [0.717, 1.165) is 5.56 Å². The van der Waals surface area contributed by atoms with E-state index in [2.05, 4.69) is 9.97 Å². The summed E-state index contributed by atoms with van der Waals surface area (Å²) in [6, 6.07) is 8.76. The highest BCUT2D eigenvalue weighted by atomic mass is 35.5. The Kier molecular flexibility index (Phi) is 3.56. The molecule has 0 saturated heterocycles. The molecule has 0 saturated carbocycles. The van der Waals surface area contributed by atoms with Crippen molar-refractivity contribution >= 4 is 11.6 Å². The van der Waals surface area contributed by atoms with Crippen molar-refractivity contribution in [2.45, 2.75) is 6.04 Å². The molecule has 1 aromatic carbocycles. The number of ether oxygens (including phenoxy) is 1. The Balaban J connectivity index is 2.33. The number of rotatable bonds is 3. The number of nitrogens with zero attached hydrogens (tertiary/aromatic N) is 2. The van der Waals surface area contributed by atoms with E-state index in [1.54, 1.807) is 19.2 Å². The first-order valence-electron chi connectivity index (χ1n) is 5.07. The van der Waals surface area contributed by atoms with Gasteiger partial charge in [-0.05, 0) is 17.7 Å². The topological polar surface area (TPSA) is 61.0 Å². The molecule has 0 aliphatic rings. The van der Waals surface area contributed by atoms with Crippen LogP contribution in [-0.2, 0) is 0 Å². The summed E-state index contributed by atoms with van der Waals surface area (Å²) in [5.41, 5.74) is 7.70. The van der Waals surface area contributed by atoms with E-state index in [9.17, 15) is 0 Å². The van der Waals surface area contributed by atoms with Crippen LogP contribution in [0, 0.1) is 0 Å². The van der Waals surface area contributed by atoms with Gasteiger partial charge in [0.1, 0.15) is 6.33 Å². The van der Waals surface area contributed by atoms with Gasteiger partial charge >= 0.3 is 0 Å². The fraction of sp³-hybridized carbons (Fsp3) is 0.167. The van der Waals surface area contributed by atoms with Gasteiger partial charge in [-0.25, -0.2) is 9.97 Å². The smallest absolute Gasteiger partial charge is 0.216 e. The van der Waals surface area contributed by atoms with Crippen molar-refractivity contribution in [3.63, 3.8) is 0 Å². The Bertz CT molecular complexity index is 519. The van der Waals surface area contributed by atoms with Gasteiger partial charge in [0, 0.05) is 11.1 Å². The number of halogens is 1. The summed E-state index contributed by atoms with van der Waals surface area (Å²) in [5, 5.41) is 0.652. The van der Waals surface area contributed by atoms with Crippen molar-refractivity contribution in [1.29, 1.82) is 0 Å². The number of nitrogens with two attached hydrogens (primary N) is 1. The number of aromatic nitrogens is 2. The Morgan fingerprint density at radius 2 is 2.12 bits per heavy atom. The SMILES string of the molecule is COc1cc(C(N)c2cccc(Cl)c2)ncn1. The minimum absolute atomic E-state index is 0.342. The van der Waals surface area contributed by atoms with E-state index >= 15 is 0 Å². The van der Waals surface area contributed by atoms with E-state index in [1.165, 1.54) is 6.33 Å². The number of hydrogen-bond donors (Lipinski definition) is 1. The molecule has 1 aromatic heterocycles. The molecule has 0 aliphatic heterocycles. The fourth-order valence-electron chi connectivity index (χ4n) is 1.51. The van der Waals surface area contributed by atoms with Crippen LogP contribution in [0.2, 0.25) is 5.02 Å². The molecule has 1 heterocycles. The quantitative estimate of drug-likeness (QED) is 0.906. The van der Waals surface area contributed by atoms with E-state index in [1.807, 2.05) is 18.2 Å². The molecule has 17 heavy (non-hydrogen) atoms. The minimum atomic E-state index is -0.342. The molecule has 5 heteroatoms. The van der Waals surface area contributed by atoms with Gasteiger partial charge < -0.3 is 10.5 Å². The van der Waals surface area contributed by atoms with E-state index in [0.29, 0.717) is 16.6 Å². The molecule has 2 aromatic rings. The van der Waals surface area contributed by atoms with Crippen molar-refractivity contribution in [3.05, 3.63) is 52.9 Å². The predicted molar refractivity (Wildman–Crippen MR) is 66.1 cm³/mol. The summed E-state index contributed by atoms with van der Waals surface area (Å²) in [7, 11) is 1.55. The van der Waals surface area contributed by atoms with Crippen LogP contribution in [0.3, 0.4) is 0 Å². The average molecular weight is 250 g/mol. The van der Waals surface area contributed by atoms with Crippen molar-refractivity contribution in [1.82, 2.24) is 9.97 Å². The van der Waals surface area contributed by atoms with Crippen LogP contribution >= 0.6 is 11.6 Å². The van der Waals surface area contributed by atoms with Gasteiger partial charge in [-0.15, -0.1) is 0 Å². The lowest BCUT2D eigenvalue weighted by Gasteiger charge is -2.12. The molecule has 0 radical (unpaired) electrons. The van der Waals surface area contributed by atoms with Crippen LogP contribution in [0.4, 0.5) is 0 Å². The van der Waals surface area contributed by atoms with Gasteiger partial charge in [0.25, 0.3) is 0 Å². The first-order valence-corrected chi connectivity index (χ1v) is 5.45. The zero-order valence-electron chi connectivity index (χ0n) is 9.30. The second-order valence-corrected chi connectivity index (χ2v) is 3.95. The van der Waals surface area contributed by atoms with E-state index in [4.69, 9.17) is 22.1 Å². The Labute approximate surface area is 104 Å². The summed E-state index contributed by atoms with van der Waals surface area (Å²) in [6.45, 7) is 0. The lowest BCUT2D eigenvalue weighted by Crippen LogP contribution is -2.13. The normalized spacial score (nSPS) is 12.2. The van der Waals surface area contributed by atoms with Gasteiger partial charge in [-0.1, -0.05) is 23.7 Å². The van der Waals surface area contributed by atoms with Gasteiger partial charge in [0.15, 0.2) is 0 Å². The van der Waals surface area contributed by atoms with E-state index < -0.39 is 0 Å². The molecule has 0 bridgehead atoms. The second-order valence-electron chi connectivity index (χ2n) is 3.52. The highest BCUT2D eigenvalue weighted by Crippen LogP contribution is 2.22. The third-order valence-corrected chi connectivity index (χ3v) is 2.63. The zero-order chi connectivity index (χ0) is 12.3. The standard InChI is InChI=1S/C12H12ClN3O/c1-17-11-6-10(15-7-16-11)12(14)8-3-2-4-9(13)5-8/h2-7,12H,14H2,1H3. The Hall–Kier alpha value is -1.65. The van der Waals surface area contributed by atoms with Crippen LogP contribution in [0.25, 0.3) is 0 Å². The molecule has 0 aliphatic carbocycles. The van der Waals surface area contributed by atoms with Crippen molar-refractivity contribution < 1.29 is 4.74 Å². The van der Waals surface area contributed by atoms with Gasteiger partial charge in [0.2, 0.25) is 5.88 Å². The Morgan fingerprint density at radius 3 is 2.82 bits per heavy atom. The summed E-state index contributed by atoms with van der Waals surface area (Å²) in [4.78, 5) is 8.07. The molecule has 88 valence electrons. The number of hydrogen-bond acceptors (Lipinski definition) is 4. The first-order chi connectivity index (χ1) is 8.20. The maximum absolute atomic E-state index is 6.10. The summed E-state index contributed by atoms with van der Waals surface area (Å²) in [5.74, 6) is 0.493. The molecule has 0 spiro atoms. The number of benzene rings is 1. The van der Waals surface area contributed by atoms with Crippen molar-refractivity contribution in [3.8, 4) is 5.88 Å². The van der Waals surface area contributed by atoms with Crippen molar-refractivity contribution in [2.75, 3.05) is 7.11 Å². The highest BCUT2D eigenvalue weighted by molar-refractivity contribution is 6.30. The van der Waals surface area contributed by atoms with Crippen LogP contribution in [-0.4, -0.2) is 17.1 Å². The molecule has 2 rings (SSSR count). The van der Waals surface area contributed by atoms with Crippen molar-refractivity contribution in [2.24, 2.45) is 5.73 Å². The second kappa shape index (κ2) is 5.12. The molecule has 0 amide bonds. The average Bonchev–Trinajstić information content (AvgIpc) is 2.38.